The van der Waals surface area contributed by atoms with Gasteiger partial charge in [0.05, 0.1) is 28.8 Å². The summed E-state index contributed by atoms with van der Waals surface area (Å²) in [6, 6.07) is 6.74. The van der Waals surface area contributed by atoms with E-state index in [1.165, 1.54) is 23.6 Å². The van der Waals surface area contributed by atoms with Crippen molar-refractivity contribution in [1.82, 2.24) is 24.8 Å². The van der Waals surface area contributed by atoms with Crippen LogP contribution in [0.25, 0.3) is 17.1 Å². The smallest absolute Gasteiger partial charge is 0.277 e. The minimum absolute atomic E-state index is 0.0384. The van der Waals surface area contributed by atoms with Crippen molar-refractivity contribution in [3.63, 3.8) is 0 Å². The highest BCUT2D eigenvalue weighted by atomic mass is 35.5. The van der Waals surface area contributed by atoms with Crippen LogP contribution in [0.15, 0.2) is 47.5 Å². The van der Waals surface area contributed by atoms with Gasteiger partial charge in [0, 0.05) is 30.9 Å². The number of hydrogen-bond donors (Lipinski definition) is 1. The molecule has 8 nitrogen and oxygen atoms in total. The zero-order chi connectivity index (χ0) is 29.5. The van der Waals surface area contributed by atoms with Gasteiger partial charge in [0.25, 0.3) is 5.56 Å². The second kappa shape index (κ2) is 11.0. The maximum absolute atomic E-state index is 14.8. The van der Waals surface area contributed by atoms with E-state index in [-0.39, 0.29) is 34.7 Å². The lowest BCUT2D eigenvalue weighted by Crippen LogP contribution is -2.41. The molecule has 0 fully saturated rings. The molecule has 5 rings (SSSR count). The first kappa shape index (κ1) is 28.3. The van der Waals surface area contributed by atoms with Crippen molar-refractivity contribution in [2.75, 3.05) is 0 Å². The third-order valence-corrected chi connectivity index (χ3v) is 7.06. The topological polar surface area (TPSA) is 99.0 Å². The Balaban J connectivity index is 1.54. The Morgan fingerprint density at radius 1 is 1.07 bits per heavy atom. The van der Waals surface area contributed by atoms with Crippen molar-refractivity contribution in [3.8, 4) is 22.8 Å². The summed E-state index contributed by atoms with van der Waals surface area (Å²) in [5.41, 5.74) is 0.960. The van der Waals surface area contributed by atoms with Gasteiger partial charge >= 0.3 is 0 Å². The Morgan fingerprint density at radius 3 is 2.59 bits per heavy atom. The maximum Gasteiger partial charge on any atom is 0.277 e. The van der Waals surface area contributed by atoms with Gasteiger partial charge in [-0.2, -0.15) is 0 Å². The van der Waals surface area contributed by atoms with E-state index >= 15 is 0 Å². The first-order valence-electron chi connectivity index (χ1n) is 12.8. The van der Waals surface area contributed by atoms with Crippen molar-refractivity contribution in [2.45, 2.75) is 52.2 Å². The highest BCUT2D eigenvalue weighted by Crippen LogP contribution is 2.31. The fourth-order valence-corrected chi connectivity index (χ4v) is 5.05. The third kappa shape index (κ3) is 5.67. The van der Waals surface area contributed by atoms with Crippen LogP contribution in [0.3, 0.4) is 0 Å². The summed E-state index contributed by atoms with van der Waals surface area (Å²) < 4.78 is 49.1. The summed E-state index contributed by atoms with van der Waals surface area (Å²) in [6.45, 7) is 4.27. The summed E-state index contributed by atoms with van der Waals surface area (Å²) in [5, 5.41) is 2.48. The molecule has 0 atom stereocenters. The molecule has 0 radical (unpaired) electrons. The van der Waals surface area contributed by atoms with E-state index in [4.69, 9.17) is 16.3 Å². The number of amides is 1. The lowest BCUT2D eigenvalue weighted by molar-refractivity contribution is -0.120. The summed E-state index contributed by atoms with van der Waals surface area (Å²) in [5.74, 6) is -2.56. The van der Waals surface area contributed by atoms with E-state index < -0.39 is 28.5 Å². The molecule has 1 aliphatic heterocycles. The van der Waals surface area contributed by atoms with Crippen LogP contribution in [0.5, 0.6) is 5.75 Å². The SMILES string of the molecule is CC(=O)NC(C)(C)c1nc(-c2cc3c(cn2)CCCc2cc(OCc4ncc(F)cc4F)c(Cl)c(=O)n2-3)ccc1F. The molecular weight excluding hydrogens is 559 g/mol. The van der Waals surface area contributed by atoms with Gasteiger partial charge in [-0.25, -0.2) is 18.2 Å². The van der Waals surface area contributed by atoms with Crippen LogP contribution in [-0.2, 0) is 29.8 Å². The zero-order valence-electron chi connectivity index (χ0n) is 22.4. The average Bonchev–Trinajstić information content (AvgIpc) is 3.09. The number of hydrogen-bond acceptors (Lipinski definition) is 6. The average molecular weight is 584 g/mol. The number of nitrogens with zero attached hydrogens (tertiary/aromatic N) is 4. The summed E-state index contributed by atoms with van der Waals surface area (Å²) in [4.78, 5) is 37.9. The molecule has 0 saturated heterocycles. The van der Waals surface area contributed by atoms with E-state index in [1.807, 2.05) is 0 Å². The van der Waals surface area contributed by atoms with Gasteiger partial charge in [-0.15, -0.1) is 0 Å². The number of rotatable bonds is 6. The van der Waals surface area contributed by atoms with Crippen LogP contribution in [0.2, 0.25) is 5.02 Å². The standard InChI is InChI=1S/C29H25ClF3N5O3/c1-15(39)37-29(2,3)27-19(32)7-8-21(36-27)22-11-24-16(12-34-22)5-4-6-18-10-25(26(30)28(40)38(18)24)41-14-23-20(33)9-17(31)13-35-23/h7-13H,4-6,14H2,1-3H3,(H,37,39). The molecular formula is C29H25ClF3N5O3. The van der Waals surface area contributed by atoms with Gasteiger partial charge in [0.1, 0.15) is 40.4 Å². The third-order valence-electron chi connectivity index (χ3n) is 6.71. The van der Waals surface area contributed by atoms with E-state index in [0.717, 1.165) is 11.8 Å². The summed E-state index contributed by atoms with van der Waals surface area (Å²) in [6.07, 6.45) is 4.36. The molecule has 0 saturated carbocycles. The first-order chi connectivity index (χ1) is 19.4. The van der Waals surface area contributed by atoms with Crippen LogP contribution in [-0.4, -0.2) is 25.4 Å². The van der Waals surface area contributed by atoms with Crippen molar-refractivity contribution >= 4 is 17.5 Å². The maximum atomic E-state index is 14.8. The number of halogens is 4. The molecule has 0 unspecified atom stereocenters. The van der Waals surface area contributed by atoms with E-state index in [9.17, 15) is 22.8 Å². The monoisotopic (exact) mass is 583 g/mol. The molecule has 1 amide bonds. The second-order valence-corrected chi connectivity index (χ2v) is 10.6. The van der Waals surface area contributed by atoms with E-state index in [2.05, 4.69) is 20.3 Å². The molecule has 5 heterocycles. The minimum Gasteiger partial charge on any atom is -0.485 e. The van der Waals surface area contributed by atoms with Crippen LogP contribution < -0.4 is 15.6 Å². The van der Waals surface area contributed by atoms with Gasteiger partial charge in [-0.3, -0.25) is 24.1 Å². The second-order valence-electron chi connectivity index (χ2n) is 10.2. The lowest BCUT2D eigenvalue weighted by atomic mass is 9.98. The Hall–Kier alpha value is -4.25. The highest BCUT2D eigenvalue weighted by molar-refractivity contribution is 6.31. The van der Waals surface area contributed by atoms with E-state index in [1.54, 1.807) is 32.2 Å². The Morgan fingerprint density at radius 2 is 1.85 bits per heavy atom. The molecule has 1 aliphatic rings. The molecule has 4 aromatic rings. The predicted molar refractivity (Wildman–Crippen MR) is 145 cm³/mol. The van der Waals surface area contributed by atoms with Crippen molar-refractivity contribution in [1.29, 1.82) is 0 Å². The Bertz CT molecular complexity index is 1740. The molecule has 4 aromatic heterocycles. The zero-order valence-corrected chi connectivity index (χ0v) is 23.2. The van der Waals surface area contributed by atoms with Crippen molar-refractivity contribution in [3.05, 3.63) is 98.2 Å². The summed E-state index contributed by atoms with van der Waals surface area (Å²) >= 11 is 6.43. The number of aryl methyl sites for hydroxylation is 2. The normalized spacial score (nSPS) is 12.8. The summed E-state index contributed by atoms with van der Waals surface area (Å²) in [7, 11) is 0. The van der Waals surface area contributed by atoms with Crippen LogP contribution in [0.4, 0.5) is 13.2 Å². The van der Waals surface area contributed by atoms with Gasteiger partial charge in [-0.1, -0.05) is 11.6 Å². The first-order valence-corrected chi connectivity index (χ1v) is 13.1. The number of pyridine rings is 4. The van der Waals surface area contributed by atoms with Crippen molar-refractivity contribution in [2.24, 2.45) is 0 Å². The number of aromatic nitrogens is 4. The predicted octanol–water partition coefficient (Wildman–Crippen LogP) is 5.20. The molecule has 41 heavy (non-hydrogen) atoms. The van der Waals surface area contributed by atoms with Crippen LogP contribution in [0, 0.1) is 17.5 Å². The minimum atomic E-state index is -1.09. The molecule has 0 bridgehead atoms. The number of carbonyl (C=O) groups is 1. The molecule has 12 heteroatoms. The largest absolute Gasteiger partial charge is 0.485 e. The van der Waals surface area contributed by atoms with Gasteiger partial charge < -0.3 is 10.1 Å². The molecule has 0 aliphatic carbocycles. The lowest BCUT2D eigenvalue weighted by Gasteiger charge is -2.26. The van der Waals surface area contributed by atoms with Crippen molar-refractivity contribution < 1.29 is 22.7 Å². The van der Waals surface area contributed by atoms with Gasteiger partial charge in [-0.05, 0) is 56.9 Å². The Kier molecular flexibility index (Phi) is 7.56. The molecule has 1 N–H and O–H groups in total. The molecule has 212 valence electrons. The number of ether oxygens (including phenoxy) is 1. The number of nitrogens with one attached hydrogen (secondary N) is 1. The van der Waals surface area contributed by atoms with E-state index in [0.29, 0.717) is 48.1 Å². The number of carbonyl (C=O) groups excluding carboxylic acids is 1. The fourth-order valence-electron chi connectivity index (χ4n) is 4.86. The van der Waals surface area contributed by atoms with Gasteiger partial charge in [0.15, 0.2) is 5.82 Å². The van der Waals surface area contributed by atoms with Gasteiger partial charge in [0.2, 0.25) is 5.91 Å². The van der Waals surface area contributed by atoms with Crippen LogP contribution >= 0.6 is 11.6 Å². The number of fused-ring (bicyclic) bond motifs is 3. The molecule has 0 spiro atoms. The van der Waals surface area contributed by atoms with Crippen LogP contribution in [0.1, 0.15) is 49.8 Å². The fraction of sp³-hybridized carbons (Fsp3) is 0.276. The Labute approximate surface area is 238 Å². The quantitative estimate of drug-likeness (QED) is 0.335. The highest BCUT2D eigenvalue weighted by Gasteiger charge is 2.28. The molecule has 0 aromatic carbocycles.